The van der Waals surface area contributed by atoms with Gasteiger partial charge in [-0.3, -0.25) is 9.69 Å². The molecule has 0 spiro atoms. The van der Waals surface area contributed by atoms with Crippen molar-refractivity contribution in [1.29, 1.82) is 0 Å². The van der Waals surface area contributed by atoms with Crippen LogP contribution in [0.1, 0.15) is 12.0 Å². The highest BCUT2D eigenvalue weighted by atomic mass is 16.4. The number of carboxylic acid groups (broad SMARTS) is 1. The molecule has 3 nitrogen and oxygen atoms in total. The molecule has 1 saturated carbocycles. The number of hydrogen-bond acceptors (Lipinski definition) is 2. The molecule has 3 aliphatic rings. The fraction of sp³-hybridized carbons (Fsp3) is 0.500. The first-order chi connectivity index (χ1) is 8.24. The van der Waals surface area contributed by atoms with Crippen LogP contribution in [0.25, 0.3) is 0 Å². The minimum absolute atomic E-state index is 0.0676. The summed E-state index contributed by atoms with van der Waals surface area (Å²) in [6.07, 6.45) is 1.11. The molecule has 1 aliphatic carbocycles. The first-order valence-corrected chi connectivity index (χ1v) is 6.23. The molecular formula is C14H17NO2. The van der Waals surface area contributed by atoms with E-state index >= 15 is 0 Å². The Morgan fingerprint density at radius 2 is 1.88 bits per heavy atom. The number of piperidine rings is 2. The zero-order chi connectivity index (χ0) is 11.8. The number of carbonyl (C=O) groups is 1. The zero-order valence-electron chi connectivity index (χ0n) is 9.75. The predicted molar refractivity (Wildman–Crippen MR) is 64.4 cm³/mol. The van der Waals surface area contributed by atoms with E-state index in [4.69, 9.17) is 5.11 Å². The molecule has 2 saturated heterocycles. The normalized spacial score (nSPS) is 31.9. The second kappa shape index (κ2) is 4.15. The second-order valence-electron chi connectivity index (χ2n) is 5.30. The summed E-state index contributed by atoms with van der Waals surface area (Å²) in [6, 6.07) is 10.4. The number of aliphatic carboxylic acids is 1. The van der Waals surface area contributed by atoms with Crippen molar-refractivity contribution in [3.05, 3.63) is 35.9 Å². The summed E-state index contributed by atoms with van der Waals surface area (Å²) < 4.78 is 0. The summed E-state index contributed by atoms with van der Waals surface area (Å²) in [5, 5.41) is 9.10. The van der Waals surface area contributed by atoms with E-state index in [1.807, 2.05) is 6.07 Å². The van der Waals surface area contributed by atoms with Crippen molar-refractivity contribution >= 4 is 5.97 Å². The Hall–Kier alpha value is -1.35. The van der Waals surface area contributed by atoms with Crippen molar-refractivity contribution in [1.82, 2.24) is 4.90 Å². The van der Waals surface area contributed by atoms with Crippen LogP contribution in [0.2, 0.25) is 0 Å². The molecule has 2 atom stereocenters. The molecule has 1 aromatic carbocycles. The van der Waals surface area contributed by atoms with E-state index in [-0.39, 0.29) is 5.92 Å². The Bertz CT molecular complexity index is 405. The minimum atomic E-state index is -0.592. The maximum Gasteiger partial charge on any atom is 0.307 e. The van der Waals surface area contributed by atoms with Gasteiger partial charge in [0, 0.05) is 19.6 Å². The van der Waals surface area contributed by atoms with Gasteiger partial charge in [0.25, 0.3) is 0 Å². The monoisotopic (exact) mass is 231 g/mol. The Morgan fingerprint density at radius 3 is 2.47 bits per heavy atom. The van der Waals surface area contributed by atoms with Crippen LogP contribution in [0.15, 0.2) is 30.3 Å². The van der Waals surface area contributed by atoms with Gasteiger partial charge in [0.15, 0.2) is 0 Å². The van der Waals surface area contributed by atoms with E-state index in [1.54, 1.807) is 0 Å². The van der Waals surface area contributed by atoms with Crippen LogP contribution < -0.4 is 0 Å². The van der Waals surface area contributed by atoms with Crippen LogP contribution in [0.4, 0.5) is 0 Å². The molecule has 3 heteroatoms. The molecule has 0 radical (unpaired) electrons. The first-order valence-electron chi connectivity index (χ1n) is 6.23. The summed E-state index contributed by atoms with van der Waals surface area (Å²) >= 11 is 0. The fourth-order valence-corrected chi connectivity index (χ4v) is 3.36. The summed E-state index contributed by atoms with van der Waals surface area (Å²) in [6.45, 7) is 2.85. The van der Waals surface area contributed by atoms with Crippen LogP contribution >= 0.6 is 0 Å². The maximum atomic E-state index is 11.0. The van der Waals surface area contributed by atoms with E-state index in [2.05, 4.69) is 29.2 Å². The second-order valence-corrected chi connectivity index (χ2v) is 5.30. The number of fused-ring (bicyclic) bond motifs is 2. The molecule has 90 valence electrons. The predicted octanol–water partition coefficient (Wildman–Crippen LogP) is 1.84. The Morgan fingerprint density at radius 1 is 1.24 bits per heavy atom. The summed E-state index contributed by atoms with van der Waals surface area (Å²) in [7, 11) is 0. The molecule has 4 rings (SSSR count). The highest BCUT2D eigenvalue weighted by Gasteiger charge is 2.50. The minimum Gasteiger partial charge on any atom is -0.481 e. The number of hydrogen-bond donors (Lipinski definition) is 1. The quantitative estimate of drug-likeness (QED) is 0.863. The number of carboxylic acids is 1. The summed E-state index contributed by atoms with van der Waals surface area (Å²) in [5.41, 5.74) is 1.32. The molecule has 2 aliphatic heterocycles. The average Bonchev–Trinajstić information content (AvgIpc) is 2.29. The third kappa shape index (κ3) is 1.95. The van der Waals surface area contributed by atoms with Gasteiger partial charge in [0.05, 0.1) is 5.92 Å². The van der Waals surface area contributed by atoms with Crippen molar-refractivity contribution < 1.29 is 9.90 Å². The van der Waals surface area contributed by atoms with E-state index in [0.717, 1.165) is 26.1 Å². The fourth-order valence-electron chi connectivity index (χ4n) is 3.36. The summed E-state index contributed by atoms with van der Waals surface area (Å²) in [4.78, 5) is 13.4. The smallest absolute Gasteiger partial charge is 0.307 e. The number of benzene rings is 1. The molecule has 0 unspecified atom stereocenters. The van der Waals surface area contributed by atoms with Gasteiger partial charge in [-0.25, -0.2) is 0 Å². The SMILES string of the molecule is O=C(O)C1[C@H]2C[C@H]1CN(Cc1ccccc1)C2. The molecule has 3 fully saturated rings. The molecule has 1 N–H and O–H groups in total. The zero-order valence-corrected chi connectivity index (χ0v) is 9.75. The van der Waals surface area contributed by atoms with Crippen LogP contribution in [0.5, 0.6) is 0 Å². The highest BCUT2D eigenvalue weighted by Crippen LogP contribution is 2.45. The van der Waals surface area contributed by atoms with Gasteiger partial charge >= 0.3 is 5.97 Å². The van der Waals surface area contributed by atoms with Gasteiger partial charge in [-0.2, -0.15) is 0 Å². The van der Waals surface area contributed by atoms with Gasteiger partial charge in [-0.1, -0.05) is 30.3 Å². The Labute approximate surface area is 101 Å². The largest absolute Gasteiger partial charge is 0.481 e. The van der Waals surface area contributed by atoms with Crippen LogP contribution in [-0.4, -0.2) is 29.1 Å². The van der Waals surface area contributed by atoms with Gasteiger partial charge in [0.2, 0.25) is 0 Å². The molecule has 2 heterocycles. The molecule has 1 aromatic rings. The van der Waals surface area contributed by atoms with Gasteiger partial charge in [-0.15, -0.1) is 0 Å². The first kappa shape index (κ1) is 10.8. The van der Waals surface area contributed by atoms with Crippen LogP contribution in [0, 0.1) is 17.8 Å². The van der Waals surface area contributed by atoms with Crippen molar-refractivity contribution in [2.45, 2.75) is 13.0 Å². The number of nitrogens with zero attached hydrogens (tertiary/aromatic N) is 1. The van der Waals surface area contributed by atoms with E-state index < -0.39 is 5.97 Å². The van der Waals surface area contributed by atoms with E-state index in [0.29, 0.717) is 11.8 Å². The van der Waals surface area contributed by atoms with Crippen molar-refractivity contribution in [3.8, 4) is 0 Å². The molecule has 2 bridgehead atoms. The van der Waals surface area contributed by atoms with Crippen LogP contribution in [0.3, 0.4) is 0 Å². The van der Waals surface area contributed by atoms with Crippen molar-refractivity contribution in [2.75, 3.05) is 13.1 Å². The lowest BCUT2D eigenvalue weighted by Crippen LogP contribution is -2.57. The lowest BCUT2D eigenvalue weighted by Gasteiger charge is -2.51. The molecule has 0 aromatic heterocycles. The summed E-state index contributed by atoms with van der Waals surface area (Å²) in [5.74, 6) is 0.109. The molecular weight excluding hydrogens is 214 g/mol. The standard InChI is InChI=1S/C14H17NO2/c16-14(17)13-11-6-12(13)9-15(8-11)7-10-4-2-1-3-5-10/h1-5,11-13H,6-9H2,(H,16,17)/t11-,12-/m0/s1. The Kier molecular flexibility index (Phi) is 2.63. The third-order valence-corrected chi connectivity index (χ3v) is 4.14. The maximum absolute atomic E-state index is 11.0. The van der Waals surface area contributed by atoms with Crippen molar-refractivity contribution in [3.63, 3.8) is 0 Å². The van der Waals surface area contributed by atoms with Crippen LogP contribution in [-0.2, 0) is 11.3 Å². The Balaban J connectivity index is 1.61. The lowest BCUT2D eigenvalue weighted by atomic mass is 9.61. The average molecular weight is 231 g/mol. The molecule has 17 heavy (non-hydrogen) atoms. The molecule has 0 amide bonds. The van der Waals surface area contributed by atoms with Gasteiger partial charge in [-0.05, 0) is 23.8 Å². The number of rotatable bonds is 3. The van der Waals surface area contributed by atoms with Crippen molar-refractivity contribution in [2.24, 2.45) is 17.8 Å². The van der Waals surface area contributed by atoms with Gasteiger partial charge in [0.1, 0.15) is 0 Å². The van der Waals surface area contributed by atoms with Gasteiger partial charge < -0.3 is 5.11 Å². The topological polar surface area (TPSA) is 40.5 Å². The highest BCUT2D eigenvalue weighted by molar-refractivity contribution is 5.72. The third-order valence-electron chi connectivity index (χ3n) is 4.14. The lowest BCUT2D eigenvalue weighted by molar-refractivity contribution is -0.159. The van der Waals surface area contributed by atoms with E-state index in [9.17, 15) is 4.79 Å². The van der Waals surface area contributed by atoms with E-state index in [1.165, 1.54) is 5.56 Å².